The maximum Gasteiger partial charge on any atom is 0.336 e. The largest absolute Gasteiger partial charge is 0.423 e. The first-order valence-electron chi connectivity index (χ1n) is 11.3. The molecule has 1 saturated heterocycles. The van der Waals surface area contributed by atoms with E-state index in [1.165, 1.54) is 30.3 Å². The molecule has 0 atom stereocenters. The molecule has 1 N–H and O–H groups in total. The van der Waals surface area contributed by atoms with Crippen molar-refractivity contribution in [2.45, 2.75) is 24.8 Å². The van der Waals surface area contributed by atoms with Crippen molar-refractivity contribution in [3.63, 3.8) is 0 Å². The van der Waals surface area contributed by atoms with E-state index in [4.69, 9.17) is 9.15 Å². The molecule has 35 heavy (non-hydrogen) atoms. The summed E-state index contributed by atoms with van der Waals surface area (Å²) in [6, 6.07) is 15.1. The van der Waals surface area contributed by atoms with E-state index in [-0.39, 0.29) is 5.91 Å². The van der Waals surface area contributed by atoms with Crippen molar-refractivity contribution in [2.24, 2.45) is 0 Å². The van der Waals surface area contributed by atoms with Crippen LogP contribution < -0.4 is 15.8 Å². The molecule has 1 fully saturated rings. The Labute approximate surface area is 206 Å². The van der Waals surface area contributed by atoms with Crippen molar-refractivity contribution in [1.29, 1.82) is 0 Å². The maximum atomic E-state index is 12.3. The highest BCUT2D eigenvalue weighted by molar-refractivity contribution is 7.98. The van der Waals surface area contributed by atoms with Crippen molar-refractivity contribution in [3.8, 4) is 5.69 Å². The van der Waals surface area contributed by atoms with Crippen LogP contribution in [0, 0.1) is 6.92 Å². The molecule has 1 amide bonds. The van der Waals surface area contributed by atoms with Gasteiger partial charge >= 0.3 is 5.63 Å². The quantitative estimate of drug-likeness (QED) is 0.321. The summed E-state index contributed by atoms with van der Waals surface area (Å²) in [5.74, 6) is 1.08. The zero-order chi connectivity index (χ0) is 24.4. The Balaban J connectivity index is 1.48. The third-order valence-corrected chi connectivity index (χ3v) is 6.69. The van der Waals surface area contributed by atoms with E-state index in [0.717, 1.165) is 40.8 Å². The van der Waals surface area contributed by atoms with Crippen molar-refractivity contribution in [1.82, 2.24) is 14.8 Å². The molecule has 180 valence electrons. The fourth-order valence-corrected chi connectivity index (χ4v) is 4.95. The number of hydrogen-bond donors (Lipinski definition) is 1. The standard InChI is InChI=1S/C25H25N5O4S/c1-16-3-6-20(7-4-16)30-24(29-9-11-33-12-10-29)27-28-25(30)35-15-18-13-23(32)34-22-14-19(26-17(2)31)5-8-21(18)22/h3-8,13-14H,9-12,15H2,1-2H3,(H,26,31). The maximum absolute atomic E-state index is 12.3. The van der Waals surface area contributed by atoms with E-state index < -0.39 is 5.63 Å². The van der Waals surface area contributed by atoms with Gasteiger partial charge in [0, 0.05) is 49.0 Å². The predicted molar refractivity (Wildman–Crippen MR) is 135 cm³/mol. The molecule has 10 heteroatoms. The minimum Gasteiger partial charge on any atom is -0.423 e. The van der Waals surface area contributed by atoms with Crippen LogP contribution in [0.1, 0.15) is 18.1 Å². The molecule has 1 aliphatic heterocycles. The van der Waals surface area contributed by atoms with Crippen LogP contribution >= 0.6 is 11.8 Å². The number of rotatable bonds is 6. The highest BCUT2D eigenvalue weighted by Gasteiger charge is 2.22. The molecular weight excluding hydrogens is 466 g/mol. The zero-order valence-electron chi connectivity index (χ0n) is 19.5. The van der Waals surface area contributed by atoms with Gasteiger partial charge in [0.15, 0.2) is 5.16 Å². The zero-order valence-corrected chi connectivity index (χ0v) is 20.3. The van der Waals surface area contributed by atoms with Crippen LogP contribution in [0.5, 0.6) is 0 Å². The van der Waals surface area contributed by atoms with E-state index in [0.29, 0.717) is 30.2 Å². The molecule has 0 radical (unpaired) electrons. The van der Waals surface area contributed by atoms with Crippen LogP contribution in [0.2, 0.25) is 0 Å². The molecule has 2 aromatic heterocycles. The second kappa shape index (κ2) is 9.93. The molecule has 0 saturated carbocycles. The average Bonchev–Trinajstić information content (AvgIpc) is 3.27. The lowest BCUT2D eigenvalue weighted by Crippen LogP contribution is -2.37. The predicted octanol–water partition coefficient (Wildman–Crippen LogP) is 3.77. The number of hydrogen-bond acceptors (Lipinski definition) is 8. The molecule has 4 aromatic rings. The summed E-state index contributed by atoms with van der Waals surface area (Å²) in [7, 11) is 0. The molecule has 0 bridgehead atoms. The van der Waals surface area contributed by atoms with Crippen LogP contribution in [-0.2, 0) is 15.3 Å². The van der Waals surface area contributed by atoms with Gasteiger partial charge in [0.1, 0.15) is 5.58 Å². The third-order valence-electron chi connectivity index (χ3n) is 5.71. The highest BCUT2D eigenvalue weighted by Crippen LogP contribution is 2.31. The molecule has 1 aliphatic rings. The molecular formula is C25H25N5O4S. The molecule has 5 rings (SSSR count). The molecule has 0 spiro atoms. The summed E-state index contributed by atoms with van der Waals surface area (Å²) in [4.78, 5) is 25.8. The van der Waals surface area contributed by atoms with Gasteiger partial charge < -0.3 is 19.4 Å². The topological polar surface area (TPSA) is 102 Å². The van der Waals surface area contributed by atoms with Crippen LogP contribution in [0.25, 0.3) is 16.7 Å². The number of carbonyl (C=O) groups is 1. The highest BCUT2D eigenvalue weighted by atomic mass is 32.2. The number of nitrogens with zero attached hydrogens (tertiary/aromatic N) is 4. The monoisotopic (exact) mass is 491 g/mol. The number of aromatic nitrogens is 3. The summed E-state index contributed by atoms with van der Waals surface area (Å²) < 4.78 is 13.0. The average molecular weight is 492 g/mol. The normalized spacial score (nSPS) is 13.8. The van der Waals surface area contributed by atoms with Gasteiger partial charge in [0.2, 0.25) is 11.9 Å². The molecule has 9 nitrogen and oxygen atoms in total. The first kappa shape index (κ1) is 23.1. The minimum atomic E-state index is -0.443. The van der Waals surface area contributed by atoms with Gasteiger partial charge in [-0.05, 0) is 36.8 Å². The third kappa shape index (κ3) is 5.08. The minimum absolute atomic E-state index is 0.190. The molecule has 0 aliphatic carbocycles. The van der Waals surface area contributed by atoms with E-state index >= 15 is 0 Å². The van der Waals surface area contributed by atoms with Crippen LogP contribution in [-0.4, -0.2) is 47.0 Å². The Kier molecular flexibility index (Phi) is 6.56. The summed E-state index contributed by atoms with van der Waals surface area (Å²) >= 11 is 1.50. The van der Waals surface area contributed by atoms with Crippen molar-refractivity contribution >= 4 is 40.3 Å². The van der Waals surface area contributed by atoms with Gasteiger partial charge in [0.25, 0.3) is 0 Å². The van der Waals surface area contributed by atoms with Gasteiger partial charge in [-0.1, -0.05) is 29.5 Å². The van der Waals surface area contributed by atoms with Crippen molar-refractivity contribution in [3.05, 3.63) is 70.1 Å². The lowest BCUT2D eigenvalue weighted by molar-refractivity contribution is -0.114. The summed E-state index contributed by atoms with van der Waals surface area (Å²) in [5.41, 5.74) is 3.52. The summed E-state index contributed by atoms with van der Waals surface area (Å²) in [5, 5.41) is 13.3. The lowest BCUT2D eigenvalue weighted by Gasteiger charge is -2.28. The number of thioether (sulfide) groups is 1. The SMILES string of the molecule is CC(=O)Nc1ccc2c(CSc3nnc(N4CCOCC4)n3-c3ccc(C)cc3)cc(=O)oc2c1. The second-order valence-corrected chi connectivity index (χ2v) is 9.27. The second-order valence-electron chi connectivity index (χ2n) is 8.32. The van der Waals surface area contributed by atoms with E-state index in [1.807, 2.05) is 6.07 Å². The number of anilines is 2. The number of ether oxygens (including phenoxy) is 1. The van der Waals surface area contributed by atoms with Gasteiger partial charge in [-0.25, -0.2) is 4.79 Å². The number of benzene rings is 2. The van der Waals surface area contributed by atoms with Crippen LogP contribution in [0.4, 0.5) is 11.6 Å². The Morgan fingerprint density at radius 3 is 2.60 bits per heavy atom. The van der Waals surface area contributed by atoms with E-state index in [1.54, 1.807) is 12.1 Å². The van der Waals surface area contributed by atoms with Crippen LogP contribution in [0.3, 0.4) is 0 Å². The van der Waals surface area contributed by atoms with Gasteiger partial charge in [-0.2, -0.15) is 0 Å². The number of carbonyl (C=O) groups excluding carboxylic acids is 1. The number of nitrogens with one attached hydrogen (secondary N) is 1. The first-order valence-corrected chi connectivity index (χ1v) is 12.3. The first-order chi connectivity index (χ1) is 17.0. The number of amides is 1. The number of fused-ring (bicyclic) bond motifs is 1. The summed E-state index contributed by atoms with van der Waals surface area (Å²) in [6.07, 6.45) is 0. The van der Waals surface area contributed by atoms with E-state index in [2.05, 4.69) is 56.2 Å². The molecule has 0 unspecified atom stereocenters. The van der Waals surface area contributed by atoms with Crippen molar-refractivity contribution < 1.29 is 13.9 Å². The fourth-order valence-electron chi connectivity index (χ4n) is 4.02. The fraction of sp³-hybridized carbons (Fsp3) is 0.280. The van der Waals surface area contributed by atoms with Crippen molar-refractivity contribution in [2.75, 3.05) is 36.5 Å². The number of morpholine rings is 1. The van der Waals surface area contributed by atoms with Gasteiger partial charge in [0.05, 0.1) is 18.9 Å². The van der Waals surface area contributed by atoms with Gasteiger partial charge in [-0.15, -0.1) is 10.2 Å². The van der Waals surface area contributed by atoms with Gasteiger partial charge in [-0.3, -0.25) is 9.36 Å². The Morgan fingerprint density at radius 2 is 1.86 bits per heavy atom. The number of aryl methyl sites for hydroxylation is 1. The van der Waals surface area contributed by atoms with E-state index in [9.17, 15) is 9.59 Å². The smallest absolute Gasteiger partial charge is 0.336 e. The Hall–Kier alpha value is -3.63. The lowest BCUT2D eigenvalue weighted by atomic mass is 10.1. The molecule has 2 aromatic carbocycles. The Morgan fingerprint density at radius 1 is 1.09 bits per heavy atom. The van der Waals surface area contributed by atoms with Crippen LogP contribution in [0.15, 0.2) is 62.9 Å². The Bertz CT molecular complexity index is 1420. The summed E-state index contributed by atoms with van der Waals surface area (Å²) in [6.45, 7) is 6.27. The molecule has 3 heterocycles.